The maximum atomic E-state index is 12.2. The molecule has 0 aromatic heterocycles. The van der Waals surface area contributed by atoms with Gasteiger partial charge in [-0.15, -0.1) is 0 Å². The number of hydrogen-bond acceptors (Lipinski definition) is 4. The number of carbonyl (C=O) groups is 1. The zero-order valence-corrected chi connectivity index (χ0v) is 12.3. The molecule has 0 bridgehead atoms. The minimum atomic E-state index is 0.0158. The number of carbonyl (C=O) groups excluding carboxylic acids is 1. The van der Waals surface area contributed by atoms with Crippen molar-refractivity contribution in [2.75, 3.05) is 46.3 Å². The Morgan fingerprint density at radius 2 is 2.16 bits per heavy atom. The Bertz CT molecular complexity index is 297. The van der Waals surface area contributed by atoms with E-state index in [1.165, 1.54) is 25.8 Å². The molecule has 0 aromatic rings. The maximum Gasteiger partial charge on any atom is 0.238 e. The molecular weight excluding hydrogens is 240 g/mol. The highest BCUT2D eigenvalue weighted by Gasteiger charge is 2.33. The highest BCUT2D eigenvalue weighted by Crippen LogP contribution is 2.19. The lowest BCUT2D eigenvalue weighted by Gasteiger charge is -2.40. The van der Waals surface area contributed by atoms with Crippen molar-refractivity contribution in [1.29, 1.82) is 0 Å². The molecule has 0 radical (unpaired) electrons. The van der Waals surface area contributed by atoms with Gasteiger partial charge in [0.25, 0.3) is 0 Å². The van der Waals surface area contributed by atoms with Crippen LogP contribution in [0.15, 0.2) is 0 Å². The summed E-state index contributed by atoms with van der Waals surface area (Å²) in [6, 6.07) is 0.585. The Hall–Kier alpha value is -0.650. The Morgan fingerprint density at radius 1 is 1.32 bits per heavy atom. The summed E-state index contributed by atoms with van der Waals surface area (Å²) >= 11 is 0. The normalized spacial score (nSPS) is 30.8. The van der Waals surface area contributed by atoms with Crippen LogP contribution in [0.3, 0.4) is 0 Å². The van der Waals surface area contributed by atoms with Crippen molar-refractivity contribution >= 4 is 5.91 Å². The molecule has 0 aromatic carbocycles. The SMILES string of the molecule is CCNC(=O)C1CNCCN1C1CCCN(C)CC1. The summed E-state index contributed by atoms with van der Waals surface area (Å²) in [5.74, 6) is 0.187. The van der Waals surface area contributed by atoms with Gasteiger partial charge in [-0.05, 0) is 46.3 Å². The highest BCUT2D eigenvalue weighted by molar-refractivity contribution is 5.82. The molecule has 2 atom stereocenters. The lowest BCUT2D eigenvalue weighted by molar-refractivity contribution is -0.128. The highest BCUT2D eigenvalue weighted by atomic mass is 16.2. The first-order valence-electron chi connectivity index (χ1n) is 7.65. The molecule has 19 heavy (non-hydrogen) atoms. The van der Waals surface area contributed by atoms with Crippen LogP contribution in [0.2, 0.25) is 0 Å². The smallest absolute Gasteiger partial charge is 0.238 e. The van der Waals surface area contributed by atoms with E-state index in [4.69, 9.17) is 0 Å². The monoisotopic (exact) mass is 268 g/mol. The first-order valence-corrected chi connectivity index (χ1v) is 7.65. The van der Waals surface area contributed by atoms with E-state index in [9.17, 15) is 4.79 Å². The summed E-state index contributed by atoms with van der Waals surface area (Å²) in [6.45, 7) is 7.83. The summed E-state index contributed by atoms with van der Waals surface area (Å²) in [4.78, 5) is 17.0. The molecule has 110 valence electrons. The van der Waals surface area contributed by atoms with Gasteiger partial charge in [0.1, 0.15) is 6.04 Å². The fourth-order valence-electron chi connectivity index (χ4n) is 3.25. The molecule has 2 N–H and O–H groups in total. The van der Waals surface area contributed by atoms with Gasteiger partial charge in [-0.1, -0.05) is 0 Å². The van der Waals surface area contributed by atoms with E-state index in [-0.39, 0.29) is 11.9 Å². The van der Waals surface area contributed by atoms with E-state index < -0.39 is 0 Å². The van der Waals surface area contributed by atoms with Crippen LogP contribution in [0.1, 0.15) is 26.2 Å². The van der Waals surface area contributed by atoms with Gasteiger partial charge >= 0.3 is 0 Å². The van der Waals surface area contributed by atoms with Crippen molar-refractivity contribution < 1.29 is 4.79 Å². The summed E-state index contributed by atoms with van der Waals surface area (Å²) in [7, 11) is 2.20. The van der Waals surface area contributed by atoms with E-state index in [0.717, 1.165) is 32.7 Å². The van der Waals surface area contributed by atoms with Crippen LogP contribution in [-0.2, 0) is 4.79 Å². The predicted molar refractivity (Wildman–Crippen MR) is 77.2 cm³/mol. The fraction of sp³-hybridized carbons (Fsp3) is 0.929. The third-order valence-electron chi connectivity index (χ3n) is 4.33. The molecule has 2 heterocycles. The molecule has 0 aliphatic carbocycles. The van der Waals surface area contributed by atoms with E-state index >= 15 is 0 Å². The Morgan fingerprint density at radius 3 is 2.95 bits per heavy atom. The number of nitrogens with zero attached hydrogens (tertiary/aromatic N) is 2. The Kier molecular flexibility index (Phi) is 5.60. The summed E-state index contributed by atoms with van der Waals surface area (Å²) < 4.78 is 0. The van der Waals surface area contributed by atoms with Gasteiger partial charge in [-0.3, -0.25) is 9.69 Å². The molecule has 2 rings (SSSR count). The van der Waals surface area contributed by atoms with Gasteiger partial charge in [0.15, 0.2) is 0 Å². The van der Waals surface area contributed by atoms with Crippen molar-refractivity contribution in [2.24, 2.45) is 0 Å². The van der Waals surface area contributed by atoms with Gasteiger partial charge < -0.3 is 15.5 Å². The molecule has 2 saturated heterocycles. The maximum absolute atomic E-state index is 12.2. The van der Waals surface area contributed by atoms with Crippen molar-refractivity contribution in [3.63, 3.8) is 0 Å². The molecule has 2 aliphatic heterocycles. The third-order valence-corrected chi connectivity index (χ3v) is 4.33. The standard InChI is InChI=1S/C14H28N4O/c1-3-16-14(19)13-11-15-7-10-18(13)12-5-4-8-17(2)9-6-12/h12-13,15H,3-11H2,1-2H3,(H,16,19). The second-order valence-corrected chi connectivity index (χ2v) is 5.74. The zero-order chi connectivity index (χ0) is 13.7. The van der Waals surface area contributed by atoms with Crippen LogP contribution in [0, 0.1) is 0 Å². The van der Waals surface area contributed by atoms with Crippen LogP contribution in [0.4, 0.5) is 0 Å². The van der Waals surface area contributed by atoms with Crippen LogP contribution in [0.25, 0.3) is 0 Å². The van der Waals surface area contributed by atoms with Gasteiger partial charge in [0, 0.05) is 32.2 Å². The average molecular weight is 268 g/mol. The molecule has 5 nitrogen and oxygen atoms in total. The van der Waals surface area contributed by atoms with E-state index in [1.54, 1.807) is 0 Å². The van der Waals surface area contributed by atoms with Crippen LogP contribution in [-0.4, -0.2) is 74.1 Å². The molecule has 2 fully saturated rings. The minimum Gasteiger partial charge on any atom is -0.355 e. The molecular formula is C14H28N4O. The zero-order valence-electron chi connectivity index (χ0n) is 12.3. The Labute approximate surface area is 116 Å². The minimum absolute atomic E-state index is 0.0158. The summed E-state index contributed by atoms with van der Waals surface area (Å²) in [5.41, 5.74) is 0. The van der Waals surface area contributed by atoms with Crippen molar-refractivity contribution in [1.82, 2.24) is 20.4 Å². The number of piperazine rings is 1. The van der Waals surface area contributed by atoms with Crippen LogP contribution < -0.4 is 10.6 Å². The quantitative estimate of drug-likeness (QED) is 0.749. The first kappa shape index (κ1) is 14.8. The number of amides is 1. The second kappa shape index (κ2) is 7.22. The molecule has 0 spiro atoms. The summed E-state index contributed by atoms with van der Waals surface area (Å²) in [6.07, 6.45) is 3.65. The van der Waals surface area contributed by atoms with Crippen molar-refractivity contribution in [3.8, 4) is 0 Å². The molecule has 0 saturated carbocycles. The molecule has 5 heteroatoms. The van der Waals surface area contributed by atoms with Gasteiger partial charge in [0.2, 0.25) is 5.91 Å². The lowest BCUT2D eigenvalue weighted by atomic mass is 10.0. The second-order valence-electron chi connectivity index (χ2n) is 5.74. The lowest BCUT2D eigenvalue weighted by Crippen LogP contribution is -2.60. The van der Waals surface area contributed by atoms with E-state index in [1.807, 2.05) is 6.92 Å². The van der Waals surface area contributed by atoms with Crippen LogP contribution in [0.5, 0.6) is 0 Å². The van der Waals surface area contributed by atoms with Gasteiger partial charge in [-0.2, -0.15) is 0 Å². The number of hydrogen-bond donors (Lipinski definition) is 2. The molecule has 1 amide bonds. The summed E-state index contributed by atoms with van der Waals surface area (Å²) in [5, 5.41) is 6.33. The number of nitrogens with one attached hydrogen (secondary N) is 2. The topological polar surface area (TPSA) is 47.6 Å². The largest absolute Gasteiger partial charge is 0.355 e. The number of likely N-dealkylation sites (N-methyl/N-ethyl adjacent to an activating group) is 1. The Balaban J connectivity index is 1.99. The fourth-order valence-corrected chi connectivity index (χ4v) is 3.25. The first-order chi connectivity index (χ1) is 9.22. The van der Waals surface area contributed by atoms with E-state index in [2.05, 4.69) is 27.5 Å². The van der Waals surface area contributed by atoms with E-state index in [0.29, 0.717) is 6.04 Å². The predicted octanol–water partition coefficient (Wildman–Crippen LogP) is -0.119. The van der Waals surface area contributed by atoms with Gasteiger partial charge in [0.05, 0.1) is 0 Å². The van der Waals surface area contributed by atoms with Gasteiger partial charge in [-0.25, -0.2) is 0 Å². The van der Waals surface area contributed by atoms with Crippen molar-refractivity contribution in [2.45, 2.75) is 38.3 Å². The average Bonchev–Trinajstić information content (AvgIpc) is 2.64. The molecule has 2 aliphatic rings. The van der Waals surface area contributed by atoms with Crippen molar-refractivity contribution in [3.05, 3.63) is 0 Å². The molecule has 2 unspecified atom stereocenters. The number of rotatable bonds is 3. The van der Waals surface area contributed by atoms with Crippen LogP contribution >= 0.6 is 0 Å². The number of likely N-dealkylation sites (tertiary alicyclic amines) is 1. The third kappa shape index (κ3) is 3.91.